The van der Waals surface area contributed by atoms with Gasteiger partial charge >= 0.3 is 0 Å². The van der Waals surface area contributed by atoms with Gasteiger partial charge in [0.15, 0.2) is 5.66 Å². The van der Waals surface area contributed by atoms with Crippen molar-refractivity contribution in [1.82, 2.24) is 5.32 Å². The maximum Gasteiger partial charge on any atom is 0.156 e. The zero-order chi connectivity index (χ0) is 17.0. The van der Waals surface area contributed by atoms with E-state index in [2.05, 4.69) is 41.7 Å². The summed E-state index contributed by atoms with van der Waals surface area (Å²) in [5.41, 5.74) is 2.92. The van der Waals surface area contributed by atoms with Crippen LogP contribution >= 0.6 is 12.2 Å². The summed E-state index contributed by atoms with van der Waals surface area (Å²) in [6.45, 7) is 1.97. The molecule has 0 radical (unpaired) electrons. The van der Waals surface area contributed by atoms with Gasteiger partial charge in [0.2, 0.25) is 0 Å². The number of hydrogen-bond donors (Lipinski definition) is 1. The molecule has 1 unspecified atom stereocenters. The molecule has 0 saturated heterocycles. The topological polar surface area (TPSA) is 33.6 Å². The fraction of sp³-hybridized carbons (Fsp3) is 0.300. The van der Waals surface area contributed by atoms with Crippen LogP contribution in [0, 0.1) is 0 Å². The second-order valence-electron chi connectivity index (χ2n) is 6.08. The van der Waals surface area contributed by atoms with Crippen LogP contribution < -0.4 is 10.1 Å². The Kier molecular flexibility index (Phi) is 4.95. The van der Waals surface area contributed by atoms with Gasteiger partial charge in [-0.15, -0.1) is 0 Å². The zero-order valence-corrected chi connectivity index (χ0v) is 14.9. The molecular weight excluding hydrogens is 316 g/mol. The van der Waals surface area contributed by atoms with Crippen LogP contribution in [0.5, 0.6) is 5.75 Å². The van der Waals surface area contributed by atoms with Gasteiger partial charge in [0.05, 0.1) is 12.8 Å². The van der Waals surface area contributed by atoms with Crippen LogP contribution in [0.25, 0.3) is 0 Å². The molecule has 2 aromatic rings. The summed E-state index contributed by atoms with van der Waals surface area (Å²) in [4.78, 5) is 5.62. The number of aliphatic imine (C=N–C) groups is 1. The summed E-state index contributed by atoms with van der Waals surface area (Å²) in [6, 6.07) is 18.6. The highest BCUT2D eigenvalue weighted by molar-refractivity contribution is 7.82. The first-order valence-corrected chi connectivity index (χ1v) is 8.61. The van der Waals surface area contributed by atoms with Gasteiger partial charge in [0, 0.05) is 0 Å². The maximum absolute atomic E-state index is 5.42. The molecule has 0 spiro atoms. The average molecular weight is 338 g/mol. The SMILES string of the molecule is COc1ccc(C2(CCCc3ccccc3)N=C(C)C(=S)N2)cc1. The van der Waals surface area contributed by atoms with E-state index in [1.165, 1.54) is 5.56 Å². The van der Waals surface area contributed by atoms with Crippen LogP contribution in [-0.4, -0.2) is 17.8 Å². The second kappa shape index (κ2) is 7.14. The van der Waals surface area contributed by atoms with Gasteiger partial charge in [-0.2, -0.15) is 0 Å². The Balaban J connectivity index is 1.79. The van der Waals surface area contributed by atoms with Crippen molar-refractivity contribution in [3.05, 3.63) is 65.7 Å². The molecule has 4 heteroatoms. The van der Waals surface area contributed by atoms with Crippen LogP contribution in [0.1, 0.15) is 30.9 Å². The molecule has 1 heterocycles. The van der Waals surface area contributed by atoms with E-state index in [-0.39, 0.29) is 0 Å². The predicted molar refractivity (Wildman–Crippen MR) is 103 cm³/mol. The molecule has 1 atom stereocenters. The zero-order valence-electron chi connectivity index (χ0n) is 14.1. The fourth-order valence-corrected chi connectivity index (χ4v) is 3.32. The van der Waals surface area contributed by atoms with Gasteiger partial charge in [-0.25, -0.2) is 0 Å². The third-order valence-electron chi connectivity index (χ3n) is 4.42. The average Bonchev–Trinajstić information content (AvgIpc) is 2.91. The largest absolute Gasteiger partial charge is 0.497 e. The lowest BCUT2D eigenvalue weighted by Crippen LogP contribution is -2.39. The predicted octanol–water partition coefficient (Wildman–Crippen LogP) is 4.26. The standard InChI is InChI=1S/C20H22N2OS/c1-15-19(24)22-20(21-15,17-10-12-18(23-2)13-11-17)14-6-9-16-7-4-3-5-8-16/h3-5,7-8,10-13H,6,9,14H2,1-2H3,(H,22,24). The molecule has 0 aliphatic carbocycles. The van der Waals surface area contributed by atoms with Gasteiger partial charge in [0.25, 0.3) is 0 Å². The number of nitrogens with one attached hydrogen (secondary N) is 1. The fourth-order valence-electron chi connectivity index (χ4n) is 3.10. The van der Waals surface area contributed by atoms with Crippen molar-refractivity contribution in [3.8, 4) is 5.75 Å². The number of hydrogen-bond acceptors (Lipinski definition) is 3. The van der Waals surface area contributed by atoms with Crippen LogP contribution in [0.15, 0.2) is 59.6 Å². The summed E-state index contributed by atoms with van der Waals surface area (Å²) in [5.74, 6) is 0.847. The van der Waals surface area contributed by atoms with E-state index in [9.17, 15) is 0 Å². The van der Waals surface area contributed by atoms with E-state index in [0.29, 0.717) is 0 Å². The van der Waals surface area contributed by atoms with Crippen molar-refractivity contribution in [1.29, 1.82) is 0 Å². The van der Waals surface area contributed by atoms with Crippen LogP contribution in [0.3, 0.4) is 0 Å². The number of ether oxygens (including phenoxy) is 1. The number of nitrogens with zero attached hydrogens (tertiary/aromatic N) is 1. The summed E-state index contributed by atoms with van der Waals surface area (Å²) in [5, 5.41) is 3.44. The molecule has 2 aromatic carbocycles. The van der Waals surface area contributed by atoms with Crippen molar-refractivity contribution in [2.24, 2.45) is 4.99 Å². The van der Waals surface area contributed by atoms with Crippen molar-refractivity contribution in [3.63, 3.8) is 0 Å². The lowest BCUT2D eigenvalue weighted by Gasteiger charge is -2.28. The second-order valence-corrected chi connectivity index (χ2v) is 6.49. The Morgan fingerprint density at radius 3 is 2.38 bits per heavy atom. The first-order chi connectivity index (χ1) is 11.6. The van der Waals surface area contributed by atoms with Crippen molar-refractivity contribution >= 4 is 22.9 Å². The lowest BCUT2D eigenvalue weighted by atomic mass is 9.93. The van der Waals surface area contributed by atoms with E-state index in [0.717, 1.165) is 41.3 Å². The highest BCUT2D eigenvalue weighted by Gasteiger charge is 2.37. The number of methoxy groups -OCH3 is 1. The molecule has 0 aromatic heterocycles. The van der Waals surface area contributed by atoms with Gasteiger partial charge in [-0.05, 0) is 49.4 Å². The molecule has 1 aliphatic rings. The molecule has 0 amide bonds. The summed E-state index contributed by atoms with van der Waals surface area (Å²) in [6.07, 6.45) is 2.95. The molecule has 24 heavy (non-hydrogen) atoms. The van der Waals surface area contributed by atoms with Crippen molar-refractivity contribution < 1.29 is 4.74 Å². The monoisotopic (exact) mass is 338 g/mol. The van der Waals surface area contributed by atoms with Crippen molar-refractivity contribution in [2.75, 3.05) is 7.11 Å². The van der Waals surface area contributed by atoms with E-state index in [4.69, 9.17) is 21.9 Å². The van der Waals surface area contributed by atoms with E-state index in [1.54, 1.807) is 7.11 Å². The molecule has 1 N–H and O–H groups in total. The summed E-state index contributed by atoms with van der Waals surface area (Å²) >= 11 is 5.42. The molecule has 124 valence electrons. The maximum atomic E-state index is 5.42. The first kappa shape index (κ1) is 16.7. The first-order valence-electron chi connectivity index (χ1n) is 8.20. The number of rotatable bonds is 6. The van der Waals surface area contributed by atoms with Crippen molar-refractivity contribution in [2.45, 2.75) is 31.8 Å². The van der Waals surface area contributed by atoms with Crippen LogP contribution in [0.2, 0.25) is 0 Å². The normalized spacial score (nSPS) is 19.8. The summed E-state index contributed by atoms with van der Waals surface area (Å²) in [7, 11) is 1.68. The van der Waals surface area contributed by atoms with E-state index in [1.807, 2.05) is 25.1 Å². The molecule has 3 nitrogen and oxygen atoms in total. The van der Waals surface area contributed by atoms with E-state index >= 15 is 0 Å². The third-order valence-corrected chi connectivity index (χ3v) is 4.82. The minimum absolute atomic E-state index is 0.456. The molecular formula is C20H22N2OS. The molecule has 1 aliphatic heterocycles. The third kappa shape index (κ3) is 3.49. The van der Waals surface area contributed by atoms with Gasteiger partial charge in [0.1, 0.15) is 10.7 Å². The van der Waals surface area contributed by atoms with E-state index < -0.39 is 5.66 Å². The van der Waals surface area contributed by atoms with Crippen LogP contribution in [0.4, 0.5) is 0 Å². The Morgan fingerprint density at radius 1 is 1.08 bits per heavy atom. The molecule has 0 bridgehead atoms. The minimum Gasteiger partial charge on any atom is -0.497 e. The van der Waals surface area contributed by atoms with Gasteiger partial charge < -0.3 is 10.1 Å². The highest BCUT2D eigenvalue weighted by atomic mass is 32.1. The lowest BCUT2D eigenvalue weighted by molar-refractivity contribution is 0.380. The number of benzene rings is 2. The molecule has 0 saturated carbocycles. The van der Waals surface area contributed by atoms with Crippen LogP contribution in [-0.2, 0) is 12.1 Å². The Bertz CT molecular complexity index is 740. The molecule has 0 fully saturated rings. The highest BCUT2D eigenvalue weighted by Crippen LogP contribution is 2.33. The Hall–Kier alpha value is -2.20. The quantitative estimate of drug-likeness (QED) is 0.799. The number of aryl methyl sites for hydroxylation is 1. The number of thiocarbonyl (C=S) groups is 1. The Labute approximate surface area is 148 Å². The minimum atomic E-state index is -0.456. The molecule has 3 rings (SSSR count). The van der Waals surface area contributed by atoms with Gasteiger partial charge in [-0.3, -0.25) is 4.99 Å². The smallest absolute Gasteiger partial charge is 0.156 e. The van der Waals surface area contributed by atoms with Gasteiger partial charge in [-0.1, -0.05) is 54.7 Å². The Morgan fingerprint density at radius 2 is 1.79 bits per heavy atom. The summed E-state index contributed by atoms with van der Waals surface area (Å²) < 4.78 is 5.26.